The normalized spacial score (nSPS) is 15.1. The van der Waals surface area contributed by atoms with Gasteiger partial charge in [0.25, 0.3) is 0 Å². The summed E-state index contributed by atoms with van der Waals surface area (Å²) in [4.78, 5) is 53.4. The van der Waals surface area contributed by atoms with Crippen LogP contribution in [0.25, 0.3) is 0 Å². The van der Waals surface area contributed by atoms with Gasteiger partial charge in [-0.25, -0.2) is 29.3 Å². The lowest BCUT2D eigenvalue weighted by atomic mass is 10.1. The number of pyridine rings is 3. The third kappa shape index (κ3) is 16.1. The van der Waals surface area contributed by atoms with E-state index in [0.29, 0.717) is 51.7 Å². The predicted octanol–water partition coefficient (Wildman–Crippen LogP) is 10.2. The van der Waals surface area contributed by atoms with Crippen LogP contribution in [-0.2, 0) is 32.7 Å². The summed E-state index contributed by atoms with van der Waals surface area (Å²) in [6.45, 7) is 13.4. The van der Waals surface area contributed by atoms with Gasteiger partial charge in [-0.1, -0.05) is 34.8 Å². The fourth-order valence-corrected chi connectivity index (χ4v) is 5.93. The number of hydrogen-bond acceptors (Lipinski definition) is 11. The lowest BCUT2D eigenvalue weighted by molar-refractivity contribution is -0.138. The van der Waals surface area contributed by atoms with Gasteiger partial charge in [0, 0.05) is 70.9 Å². The van der Waals surface area contributed by atoms with Gasteiger partial charge >= 0.3 is 36.7 Å². The first-order valence-electron chi connectivity index (χ1n) is 18.5. The number of piperazine rings is 2. The Hall–Kier alpha value is -4.70. The first kappa shape index (κ1) is 52.6. The molecule has 2 amide bonds. The van der Waals surface area contributed by atoms with E-state index in [2.05, 4.69) is 19.7 Å². The monoisotopic (exact) mass is 969 g/mol. The molecule has 0 spiro atoms. The van der Waals surface area contributed by atoms with E-state index in [1.165, 1.54) is 4.90 Å². The van der Waals surface area contributed by atoms with Gasteiger partial charge in [0.2, 0.25) is 0 Å². The fraction of sp³-hybridized carbons (Fsp3) is 0.526. The maximum atomic E-state index is 12.9. The van der Waals surface area contributed by atoms with Crippen LogP contribution in [0.2, 0.25) is 15.2 Å². The number of hydrogen-bond donors (Lipinski definition) is 0. The number of rotatable bonds is 3. The molecule has 5 rings (SSSR count). The summed E-state index contributed by atoms with van der Waals surface area (Å²) in [5, 5.41) is -0.397. The largest absolute Gasteiger partial charge is 0.465 e. The van der Waals surface area contributed by atoms with Crippen molar-refractivity contribution in [1.29, 1.82) is 0 Å². The Morgan fingerprint density at radius 1 is 0.540 bits per heavy atom. The van der Waals surface area contributed by atoms with Crippen LogP contribution < -0.4 is 9.80 Å². The van der Waals surface area contributed by atoms with Gasteiger partial charge in [-0.15, -0.1) is 0 Å². The van der Waals surface area contributed by atoms with Crippen LogP contribution in [-0.4, -0.2) is 114 Å². The van der Waals surface area contributed by atoms with Crippen molar-refractivity contribution < 1.29 is 68.1 Å². The Morgan fingerprint density at radius 3 is 1.24 bits per heavy atom. The lowest BCUT2D eigenvalue weighted by Crippen LogP contribution is -2.50. The molecule has 0 radical (unpaired) electrons. The molecule has 2 aliphatic rings. The van der Waals surface area contributed by atoms with Gasteiger partial charge in [-0.05, 0) is 59.7 Å². The molecule has 0 unspecified atom stereocenters. The second-order valence-electron chi connectivity index (χ2n) is 15.5. The third-order valence-corrected chi connectivity index (χ3v) is 9.30. The highest BCUT2D eigenvalue weighted by Crippen LogP contribution is 2.35. The van der Waals surface area contributed by atoms with Gasteiger partial charge < -0.3 is 33.8 Å². The maximum absolute atomic E-state index is 12.9. The van der Waals surface area contributed by atoms with E-state index in [4.69, 9.17) is 44.3 Å². The molecule has 2 aliphatic heterocycles. The smallest absolute Gasteiger partial charge is 0.417 e. The van der Waals surface area contributed by atoms with Crippen LogP contribution in [0.3, 0.4) is 0 Å². The molecular formula is C38H43Cl3F9N7O6. The minimum absolute atomic E-state index is 0.0597. The van der Waals surface area contributed by atoms with Crippen molar-refractivity contribution in [2.75, 3.05) is 69.3 Å². The molecule has 0 atom stereocenters. The van der Waals surface area contributed by atoms with Gasteiger partial charge in [0.15, 0.2) is 0 Å². The SMILES string of the molecule is CC(C)(C)OC(=O)N1CCN(c2ncc(C(F)(F)F)cc2Cl)CC1.COC(=O)c1cc(C(F)(F)F)cnc1N1CCN(C(=O)OC(C)(C)C)CC1.FC(F)(F)c1cnc(Cl)c(Cl)c1. The first-order chi connectivity index (χ1) is 28.8. The summed E-state index contributed by atoms with van der Waals surface area (Å²) in [5.41, 5.74) is -4.29. The van der Waals surface area contributed by atoms with Crippen LogP contribution in [0.1, 0.15) is 68.6 Å². The number of carbonyl (C=O) groups is 3. The number of carbonyl (C=O) groups excluding carboxylic acids is 3. The van der Waals surface area contributed by atoms with Crippen molar-refractivity contribution in [2.45, 2.75) is 71.3 Å². The second-order valence-corrected chi connectivity index (χ2v) is 16.7. The molecule has 2 fully saturated rings. The van der Waals surface area contributed by atoms with E-state index in [9.17, 15) is 53.9 Å². The Labute approximate surface area is 371 Å². The van der Waals surface area contributed by atoms with E-state index in [1.54, 1.807) is 56.2 Å². The molecule has 350 valence electrons. The Kier molecular flexibility index (Phi) is 17.4. The quantitative estimate of drug-likeness (QED) is 0.108. The van der Waals surface area contributed by atoms with Crippen LogP contribution in [0, 0.1) is 0 Å². The van der Waals surface area contributed by atoms with Crippen LogP contribution in [0.5, 0.6) is 0 Å². The van der Waals surface area contributed by atoms with Crippen molar-refractivity contribution >= 4 is 64.6 Å². The number of halogens is 12. The molecule has 5 heterocycles. The number of esters is 1. The number of nitrogens with zero attached hydrogens (tertiary/aromatic N) is 7. The Balaban J connectivity index is 0.000000269. The molecule has 0 N–H and O–H groups in total. The van der Waals surface area contributed by atoms with Gasteiger partial charge in [-0.2, -0.15) is 39.5 Å². The predicted molar refractivity (Wildman–Crippen MR) is 214 cm³/mol. The second kappa shape index (κ2) is 20.9. The van der Waals surface area contributed by atoms with Crippen LogP contribution in [0.15, 0.2) is 36.8 Å². The standard InChI is InChI=1S/C17H22F3N3O4.C15H19ClF3N3O2.C6H2Cl2F3N/c1-16(2,3)27-15(25)23-7-5-22(6-8-23)13-12(14(24)26-4)9-11(10-21-13)17(18,19)20;1-14(2,3)24-13(23)22-6-4-21(5-7-22)12-11(16)8-10(9-20-12)15(17,18)19;7-4-1-3(6(9,10)11)2-12-5(4)8/h9-10H,5-8H2,1-4H3;8-9H,4-7H2,1-3H3;1-2H. The number of methoxy groups -OCH3 is 1. The third-order valence-electron chi connectivity index (χ3n) is 8.33. The summed E-state index contributed by atoms with van der Waals surface area (Å²) in [6, 6.07) is 2.33. The number of amides is 2. The first-order valence-corrected chi connectivity index (χ1v) is 19.7. The van der Waals surface area contributed by atoms with Crippen molar-refractivity contribution in [2.24, 2.45) is 0 Å². The highest BCUT2D eigenvalue weighted by Gasteiger charge is 2.36. The number of anilines is 2. The van der Waals surface area contributed by atoms with Crippen LogP contribution in [0.4, 0.5) is 60.7 Å². The molecule has 3 aromatic rings. The molecular weight excluding hydrogens is 928 g/mol. The summed E-state index contributed by atoms with van der Waals surface area (Å²) < 4.78 is 128. The lowest BCUT2D eigenvalue weighted by Gasteiger charge is -2.36. The summed E-state index contributed by atoms with van der Waals surface area (Å²) in [7, 11) is 1.09. The molecule has 13 nitrogen and oxygen atoms in total. The molecule has 0 aromatic carbocycles. The average Bonchev–Trinajstić information content (AvgIpc) is 3.16. The molecule has 0 saturated carbocycles. The molecule has 25 heteroatoms. The number of ether oxygens (including phenoxy) is 3. The van der Waals surface area contributed by atoms with E-state index in [1.807, 2.05) is 0 Å². The topological polar surface area (TPSA) is 131 Å². The Bertz CT molecular complexity index is 2070. The minimum Gasteiger partial charge on any atom is -0.465 e. The number of aromatic nitrogens is 3. The molecule has 3 aromatic heterocycles. The highest BCUT2D eigenvalue weighted by atomic mass is 35.5. The van der Waals surface area contributed by atoms with Gasteiger partial charge in [0.1, 0.15) is 33.6 Å². The average molecular weight is 971 g/mol. The fourth-order valence-electron chi connectivity index (χ4n) is 5.37. The molecule has 2 saturated heterocycles. The minimum atomic E-state index is -4.62. The van der Waals surface area contributed by atoms with Gasteiger partial charge in [0.05, 0.1) is 33.8 Å². The zero-order chi connectivity index (χ0) is 47.9. The van der Waals surface area contributed by atoms with Crippen molar-refractivity contribution in [3.63, 3.8) is 0 Å². The van der Waals surface area contributed by atoms with Crippen molar-refractivity contribution in [1.82, 2.24) is 24.8 Å². The summed E-state index contributed by atoms with van der Waals surface area (Å²) >= 11 is 16.6. The van der Waals surface area contributed by atoms with E-state index in [-0.39, 0.29) is 45.5 Å². The zero-order valence-corrected chi connectivity index (χ0v) is 37.0. The Morgan fingerprint density at radius 2 is 0.889 bits per heavy atom. The molecule has 0 bridgehead atoms. The summed E-state index contributed by atoms with van der Waals surface area (Å²) in [6.07, 6.45) is -12.3. The maximum Gasteiger partial charge on any atom is 0.417 e. The van der Waals surface area contributed by atoms with E-state index in [0.717, 1.165) is 31.5 Å². The summed E-state index contributed by atoms with van der Waals surface area (Å²) in [5.74, 6) is -0.523. The van der Waals surface area contributed by atoms with E-state index >= 15 is 0 Å². The number of alkyl halides is 9. The van der Waals surface area contributed by atoms with E-state index < -0.39 is 64.6 Å². The molecule has 0 aliphatic carbocycles. The van der Waals surface area contributed by atoms with Gasteiger partial charge in [-0.3, -0.25) is 0 Å². The van der Waals surface area contributed by atoms with Crippen molar-refractivity contribution in [3.05, 3.63) is 74.2 Å². The zero-order valence-electron chi connectivity index (χ0n) is 34.7. The van der Waals surface area contributed by atoms with Crippen molar-refractivity contribution in [3.8, 4) is 0 Å². The highest BCUT2D eigenvalue weighted by molar-refractivity contribution is 6.41. The molecule has 63 heavy (non-hydrogen) atoms. The van der Waals surface area contributed by atoms with Crippen LogP contribution >= 0.6 is 34.8 Å².